The molecule has 0 spiro atoms. The third-order valence-corrected chi connectivity index (χ3v) is 3.03. The lowest BCUT2D eigenvalue weighted by molar-refractivity contribution is 0.0842. The minimum absolute atomic E-state index is 0.0599. The van der Waals surface area contributed by atoms with Gasteiger partial charge >= 0.3 is 0 Å². The van der Waals surface area contributed by atoms with Gasteiger partial charge in [0.15, 0.2) is 5.69 Å². The fourth-order valence-corrected chi connectivity index (χ4v) is 2.11. The molecule has 0 radical (unpaired) electrons. The summed E-state index contributed by atoms with van der Waals surface area (Å²) < 4.78 is 0. The topological polar surface area (TPSA) is 73.8 Å². The summed E-state index contributed by atoms with van der Waals surface area (Å²) in [6, 6.07) is 0. The van der Waals surface area contributed by atoms with Gasteiger partial charge < -0.3 is 5.73 Å². The van der Waals surface area contributed by atoms with E-state index in [4.69, 9.17) is 5.73 Å². The van der Waals surface area contributed by atoms with Crippen molar-refractivity contribution >= 4 is 5.78 Å². The van der Waals surface area contributed by atoms with Crippen molar-refractivity contribution in [3.05, 3.63) is 11.9 Å². The van der Waals surface area contributed by atoms with Gasteiger partial charge in [0.25, 0.3) is 0 Å². The Hall–Kier alpha value is -1.23. The predicted octanol–water partition coefficient (Wildman–Crippen LogP) is 0.659. The number of hydrogen-bond donors (Lipinski definition) is 1. The number of Topliss-reactive ketones (excluding diaryl/α,β-unsaturated/α-hetero) is 1. The normalized spacial score (nSPS) is 20.1. The monoisotopic (exact) mass is 208 g/mol. The first-order valence-corrected chi connectivity index (χ1v) is 5.32. The van der Waals surface area contributed by atoms with Crippen molar-refractivity contribution in [3.63, 3.8) is 0 Å². The van der Waals surface area contributed by atoms with Crippen LogP contribution in [0.4, 0.5) is 0 Å². The minimum Gasteiger partial charge on any atom is -0.319 e. The van der Waals surface area contributed by atoms with Gasteiger partial charge in [-0.1, -0.05) is 19.3 Å². The van der Waals surface area contributed by atoms with Crippen LogP contribution in [0.5, 0.6) is 0 Å². The van der Waals surface area contributed by atoms with E-state index in [0.717, 1.165) is 25.7 Å². The fourth-order valence-electron chi connectivity index (χ4n) is 2.11. The van der Waals surface area contributed by atoms with E-state index >= 15 is 0 Å². The lowest BCUT2D eigenvalue weighted by Gasteiger charge is -2.30. The number of carbonyl (C=O) groups is 1. The first kappa shape index (κ1) is 10.3. The van der Waals surface area contributed by atoms with Crippen molar-refractivity contribution in [3.8, 4) is 0 Å². The molecule has 15 heavy (non-hydrogen) atoms. The standard InChI is InChI=1S/C10H16N4O/c1-14-12-7-8(13-14)9(15)10(11)5-3-2-4-6-10/h7H,2-6,11H2,1H3. The van der Waals surface area contributed by atoms with Crippen molar-refractivity contribution in [1.29, 1.82) is 0 Å². The van der Waals surface area contributed by atoms with Gasteiger partial charge in [0.2, 0.25) is 5.78 Å². The van der Waals surface area contributed by atoms with Crippen LogP contribution in [0, 0.1) is 0 Å². The number of nitrogens with two attached hydrogens (primary N) is 1. The second kappa shape index (κ2) is 3.73. The summed E-state index contributed by atoms with van der Waals surface area (Å²) >= 11 is 0. The van der Waals surface area contributed by atoms with Gasteiger partial charge in [-0.05, 0) is 12.8 Å². The van der Waals surface area contributed by atoms with Crippen LogP contribution in [0.15, 0.2) is 6.20 Å². The van der Waals surface area contributed by atoms with Crippen molar-refractivity contribution in [2.75, 3.05) is 0 Å². The van der Waals surface area contributed by atoms with Crippen LogP contribution in [0.1, 0.15) is 42.6 Å². The van der Waals surface area contributed by atoms with Gasteiger partial charge in [0.05, 0.1) is 11.7 Å². The fraction of sp³-hybridized carbons (Fsp3) is 0.700. The predicted molar refractivity (Wildman–Crippen MR) is 55.3 cm³/mol. The number of aromatic nitrogens is 3. The molecule has 1 aliphatic rings. The highest BCUT2D eigenvalue weighted by Gasteiger charge is 2.37. The Morgan fingerprint density at radius 3 is 2.67 bits per heavy atom. The zero-order valence-electron chi connectivity index (χ0n) is 8.94. The van der Waals surface area contributed by atoms with Crippen molar-refractivity contribution < 1.29 is 4.79 Å². The van der Waals surface area contributed by atoms with E-state index < -0.39 is 5.54 Å². The van der Waals surface area contributed by atoms with Gasteiger partial charge in [0.1, 0.15) is 0 Å². The molecule has 82 valence electrons. The molecule has 1 aromatic rings. The molecule has 5 heteroatoms. The lowest BCUT2D eigenvalue weighted by atomic mass is 9.78. The summed E-state index contributed by atoms with van der Waals surface area (Å²) in [5.41, 5.74) is 5.81. The van der Waals surface area contributed by atoms with E-state index in [1.165, 1.54) is 17.4 Å². The van der Waals surface area contributed by atoms with E-state index in [9.17, 15) is 4.79 Å². The SMILES string of the molecule is Cn1ncc(C(=O)C2(N)CCCCC2)n1. The number of carbonyl (C=O) groups excluding carboxylic acids is 1. The van der Waals surface area contributed by atoms with Crippen LogP contribution in [0.25, 0.3) is 0 Å². The maximum absolute atomic E-state index is 12.1. The van der Waals surface area contributed by atoms with Gasteiger partial charge in [-0.25, -0.2) is 0 Å². The molecule has 0 unspecified atom stereocenters. The molecule has 0 bridgehead atoms. The quantitative estimate of drug-likeness (QED) is 0.724. The average Bonchev–Trinajstić information content (AvgIpc) is 2.65. The molecule has 1 heterocycles. The second-order valence-corrected chi connectivity index (χ2v) is 4.27. The molecule has 1 fully saturated rings. The van der Waals surface area contributed by atoms with E-state index in [-0.39, 0.29) is 5.78 Å². The summed E-state index contributed by atoms with van der Waals surface area (Å²) in [5, 5.41) is 7.90. The Labute approximate surface area is 88.6 Å². The van der Waals surface area contributed by atoms with E-state index in [0.29, 0.717) is 5.69 Å². The molecule has 0 aromatic carbocycles. The molecule has 0 aliphatic heterocycles. The van der Waals surface area contributed by atoms with Crippen LogP contribution in [0.3, 0.4) is 0 Å². The molecule has 1 saturated carbocycles. The van der Waals surface area contributed by atoms with Crippen molar-refractivity contribution in [2.24, 2.45) is 12.8 Å². The Balaban J connectivity index is 2.19. The van der Waals surface area contributed by atoms with Gasteiger partial charge in [-0.2, -0.15) is 15.0 Å². The molecule has 5 nitrogen and oxygen atoms in total. The number of hydrogen-bond acceptors (Lipinski definition) is 4. The molecular weight excluding hydrogens is 192 g/mol. The number of ketones is 1. The van der Waals surface area contributed by atoms with E-state index in [2.05, 4.69) is 10.2 Å². The maximum Gasteiger partial charge on any atom is 0.204 e. The van der Waals surface area contributed by atoms with E-state index in [1.807, 2.05) is 0 Å². The highest BCUT2D eigenvalue weighted by atomic mass is 16.1. The van der Waals surface area contributed by atoms with E-state index in [1.54, 1.807) is 7.05 Å². The van der Waals surface area contributed by atoms with Crippen molar-refractivity contribution in [1.82, 2.24) is 15.0 Å². The molecule has 2 rings (SSSR count). The summed E-state index contributed by atoms with van der Waals surface area (Å²) in [5.74, 6) is -0.0599. The molecular formula is C10H16N4O. The molecule has 0 amide bonds. The summed E-state index contributed by atoms with van der Waals surface area (Å²) in [7, 11) is 1.70. The highest BCUT2D eigenvalue weighted by molar-refractivity contribution is 6.01. The highest BCUT2D eigenvalue weighted by Crippen LogP contribution is 2.28. The number of nitrogens with zero attached hydrogens (tertiary/aromatic N) is 3. The molecule has 2 N–H and O–H groups in total. The van der Waals surface area contributed by atoms with Crippen LogP contribution in [-0.2, 0) is 7.05 Å². The van der Waals surface area contributed by atoms with Crippen LogP contribution >= 0.6 is 0 Å². The Bertz CT molecular complexity index is 365. The number of rotatable bonds is 2. The van der Waals surface area contributed by atoms with Crippen LogP contribution < -0.4 is 5.73 Å². The molecule has 0 saturated heterocycles. The smallest absolute Gasteiger partial charge is 0.204 e. The van der Waals surface area contributed by atoms with Gasteiger partial charge in [-0.15, -0.1) is 0 Å². The maximum atomic E-state index is 12.1. The minimum atomic E-state index is -0.700. The molecule has 1 aliphatic carbocycles. The average molecular weight is 208 g/mol. The zero-order chi connectivity index (χ0) is 10.9. The third kappa shape index (κ3) is 1.92. The van der Waals surface area contributed by atoms with Crippen LogP contribution in [-0.4, -0.2) is 26.3 Å². The number of aryl methyl sites for hydroxylation is 1. The van der Waals surface area contributed by atoms with Crippen molar-refractivity contribution in [2.45, 2.75) is 37.6 Å². The second-order valence-electron chi connectivity index (χ2n) is 4.27. The third-order valence-electron chi connectivity index (χ3n) is 3.03. The van der Waals surface area contributed by atoms with Gasteiger partial charge in [-0.3, -0.25) is 4.79 Å². The Morgan fingerprint density at radius 1 is 1.47 bits per heavy atom. The lowest BCUT2D eigenvalue weighted by Crippen LogP contribution is -2.49. The first-order chi connectivity index (χ1) is 7.12. The largest absolute Gasteiger partial charge is 0.319 e. The summed E-state index contributed by atoms with van der Waals surface area (Å²) in [6.07, 6.45) is 6.26. The Kier molecular flexibility index (Phi) is 2.56. The molecule has 1 aromatic heterocycles. The van der Waals surface area contributed by atoms with Crippen LogP contribution in [0.2, 0.25) is 0 Å². The zero-order valence-corrected chi connectivity index (χ0v) is 8.94. The molecule has 0 atom stereocenters. The van der Waals surface area contributed by atoms with Gasteiger partial charge in [0, 0.05) is 7.05 Å². The first-order valence-electron chi connectivity index (χ1n) is 5.32. The summed E-state index contributed by atoms with van der Waals surface area (Å²) in [4.78, 5) is 13.5. The summed E-state index contributed by atoms with van der Waals surface area (Å²) in [6.45, 7) is 0. The Morgan fingerprint density at radius 2 is 2.13 bits per heavy atom.